The summed E-state index contributed by atoms with van der Waals surface area (Å²) >= 11 is 0. The monoisotopic (exact) mass is 355 g/mol. The van der Waals surface area contributed by atoms with E-state index in [9.17, 15) is 0 Å². The van der Waals surface area contributed by atoms with Crippen molar-refractivity contribution >= 4 is 5.96 Å². The van der Waals surface area contributed by atoms with Gasteiger partial charge in [-0.3, -0.25) is 4.99 Å². The van der Waals surface area contributed by atoms with Crippen LogP contribution in [0.5, 0.6) is 11.5 Å². The summed E-state index contributed by atoms with van der Waals surface area (Å²) in [6, 6.07) is 18.0. The van der Waals surface area contributed by atoms with Crippen LogP contribution >= 0.6 is 0 Å². The summed E-state index contributed by atoms with van der Waals surface area (Å²) < 4.78 is 10.9. The number of nitrogens with zero attached hydrogens (tertiary/aromatic N) is 2. The Morgan fingerprint density at radius 1 is 1.00 bits per heavy atom. The van der Waals surface area contributed by atoms with Crippen molar-refractivity contribution in [3.63, 3.8) is 0 Å². The molecule has 2 aromatic rings. The highest BCUT2D eigenvalue weighted by atomic mass is 16.5. The minimum Gasteiger partial charge on any atom is -0.497 e. The summed E-state index contributed by atoms with van der Waals surface area (Å²) in [6.45, 7) is 2.39. The van der Waals surface area contributed by atoms with Crippen LogP contribution in [0.25, 0.3) is 0 Å². The van der Waals surface area contributed by atoms with Gasteiger partial charge in [0.25, 0.3) is 0 Å². The average Bonchev–Trinajstić information content (AvgIpc) is 2.68. The van der Waals surface area contributed by atoms with E-state index in [0.717, 1.165) is 50.0 Å². The Hall–Kier alpha value is -2.69. The summed E-state index contributed by atoms with van der Waals surface area (Å²) in [7, 11) is 5.53. The first kappa shape index (κ1) is 19.6. The first-order valence-corrected chi connectivity index (χ1v) is 8.95. The average molecular weight is 355 g/mol. The summed E-state index contributed by atoms with van der Waals surface area (Å²) in [5.74, 6) is 2.69. The molecule has 0 aliphatic rings. The molecule has 0 bridgehead atoms. The highest BCUT2D eigenvalue weighted by molar-refractivity contribution is 5.79. The van der Waals surface area contributed by atoms with Crippen LogP contribution < -0.4 is 14.8 Å². The van der Waals surface area contributed by atoms with Gasteiger partial charge in [-0.05, 0) is 42.7 Å². The Morgan fingerprint density at radius 2 is 1.73 bits per heavy atom. The fourth-order valence-corrected chi connectivity index (χ4v) is 2.60. The van der Waals surface area contributed by atoms with E-state index in [4.69, 9.17) is 9.47 Å². The Balaban J connectivity index is 1.66. The molecule has 2 aromatic carbocycles. The van der Waals surface area contributed by atoms with E-state index in [2.05, 4.69) is 27.3 Å². The number of ether oxygens (including phenoxy) is 2. The second kappa shape index (κ2) is 11.0. The SMILES string of the molecule is CN=C(NCCCCOc1ccccc1)N(C)Cc1ccc(OC)cc1. The smallest absolute Gasteiger partial charge is 0.193 e. The van der Waals surface area contributed by atoms with Crippen molar-refractivity contribution in [1.29, 1.82) is 0 Å². The minimum atomic E-state index is 0.728. The number of unbranched alkanes of at least 4 members (excludes halogenated alkanes) is 1. The first-order valence-electron chi connectivity index (χ1n) is 8.95. The molecule has 5 heteroatoms. The molecule has 26 heavy (non-hydrogen) atoms. The fraction of sp³-hybridized carbons (Fsp3) is 0.381. The summed E-state index contributed by atoms with van der Waals surface area (Å²) in [5, 5.41) is 3.41. The van der Waals surface area contributed by atoms with E-state index >= 15 is 0 Å². The van der Waals surface area contributed by atoms with Gasteiger partial charge < -0.3 is 19.7 Å². The molecule has 0 saturated heterocycles. The van der Waals surface area contributed by atoms with Crippen LogP contribution in [-0.4, -0.2) is 45.2 Å². The third kappa shape index (κ3) is 6.67. The lowest BCUT2D eigenvalue weighted by molar-refractivity contribution is 0.306. The fourth-order valence-electron chi connectivity index (χ4n) is 2.60. The molecule has 0 heterocycles. The van der Waals surface area contributed by atoms with Crippen LogP contribution in [-0.2, 0) is 6.54 Å². The third-order valence-corrected chi connectivity index (χ3v) is 4.02. The highest BCUT2D eigenvalue weighted by Crippen LogP contribution is 2.12. The van der Waals surface area contributed by atoms with Gasteiger partial charge in [-0.1, -0.05) is 30.3 Å². The van der Waals surface area contributed by atoms with E-state index in [1.807, 2.05) is 56.6 Å². The molecule has 0 saturated carbocycles. The number of hydrogen-bond acceptors (Lipinski definition) is 3. The first-order chi connectivity index (χ1) is 12.7. The zero-order chi connectivity index (χ0) is 18.6. The van der Waals surface area contributed by atoms with Gasteiger partial charge in [-0.15, -0.1) is 0 Å². The van der Waals surface area contributed by atoms with Crippen LogP contribution in [0.15, 0.2) is 59.6 Å². The molecule has 140 valence electrons. The van der Waals surface area contributed by atoms with E-state index in [0.29, 0.717) is 0 Å². The molecule has 0 unspecified atom stereocenters. The van der Waals surface area contributed by atoms with E-state index in [1.54, 1.807) is 7.11 Å². The Bertz CT molecular complexity index is 657. The minimum absolute atomic E-state index is 0.728. The molecular formula is C21H29N3O2. The summed E-state index contributed by atoms with van der Waals surface area (Å²) in [4.78, 5) is 6.47. The van der Waals surface area contributed by atoms with E-state index < -0.39 is 0 Å². The normalized spacial score (nSPS) is 11.1. The highest BCUT2D eigenvalue weighted by Gasteiger charge is 2.06. The van der Waals surface area contributed by atoms with Crippen molar-refractivity contribution in [2.75, 3.05) is 34.4 Å². The van der Waals surface area contributed by atoms with E-state index in [1.165, 1.54) is 5.56 Å². The van der Waals surface area contributed by atoms with Crippen molar-refractivity contribution in [2.45, 2.75) is 19.4 Å². The Kier molecular flexibility index (Phi) is 8.33. The van der Waals surface area contributed by atoms with Gasteiger partial charge in [-0.25, -0.2) is 0 Å². The van der Waals surface area contributed by atoms with Gasteiger partial charge in [0, 0.05) is 27.2 Å². The number of rotatable bonds is 9. The molecule has 0 spiro atoms. The number of hydrogen-bond donors (Lipinski definition) is 1. The molecule has 0 atom stereocenters. The number of para-hydroxylation sites is 1. The van der Waals surface area contributed by atoms with Gasteiger partial charge in [0.15, 0.2) is 5.96 Å². The lowest BCUT2D eigenvalue weighted by atomic mass is 10.2. The number of guanidine groups is 1. The molecule has 2 rings (SSSR count). The number of nitrogens with one attached hydrogen (secondary N) is 1. The summed E-state index contributed by atoms with van der Waals surface area (Å²) in [6.07, 6.45) is 2.03. The molecule has 0 aromatic heterocycles. The number of benzene rings is 2. The van der Waals surface area contributed by atoms with Gasteiger partial charge in [0.1, 0.15) is 11.5 Å². The summed E-state index contributed by atoms with van der Waals surface area (Å²) in [5.41, 5.74) is 1.22. The zero-order valence-electron chi connectivity index (χ0n) is 15.9. The largest absolute Gasteiger partial charge is 0.497 e. The van der Waals surface area contributed by atoms with Gasteiger partial charge in [0.05, 0.1) is 13.7 Å². The van der Waals surface area contributed by atoms with Crippen molar-refractivity contribution in [3.8, 4) is 11.5 Å². The maximum absolute atomic E-state index is 5.71. The standard InChI is InChI=1S/C21H29N3O2/c1-22-21(24(2)17-18-11-13-19(25-3)14-12-18)23-15-7-8-16-26-20-9-5-4-6-10-20/h4-6,9-14H,7-8,15-17H2,1-3H3,(H,22,23). The second-order valence-corrected chi connectivity index (χ2v) is 6.05. The number of aliphatic imine (C=N–C) groups is 1. The predicted molar refractivity (Wildman–Crippen MR) is 107 cm³/mol. The van der Waals surface area contributed by atoms with Crippen LogP contribution in [0.4, 0.5) is 0 Å². The predicted octanol–water partition coefficient (Wildman–Crippen LogP) is 3.56. The third-order valence-electron chi connectivity index (χ3n) is 4.02. The van der Waals surface area contributed by atoms with Crippen LogP contribution in [0, 0.1) is 0 Å². The van der Waals surface area contributed by atoms with Crippen LogP contribution in [0.2, 0.25) is 0 Å². The quantitative estimate of drug-likeness (QED) is 0.424. The molecule has 0 aliphatic carbocycles. The molecule has 0 amide bonds. The molecule has 1 N–H and O–H groups in total. The van der Waals surface area contributed by atoms with Gasteiger partial charge in [-0.2, -0.15) is 0 Å². The topological polar surface area (TPSA) is 46.1 Å². The van der Waals surface area contributed by atoms with Crippen LogP contribution in [0.1, 0.15) is 18.4 Å². The molecule has 5 nitrogen and oxygen atoms in total. The van der Waals surface area contributed by atoms with Gasteiger partial charge >= 0.3 is 0 Å². The molecule has 0 radical (unpaired) electrons. The van der Waals surface area contributed by atoms with Crippen molar-refractivity contribution < 1.29 is 9.47 Å². The zero-order valence-corrected chi connectivity index (χ0v) is 15.9. The van der Waals surface area contributed by atoms with Gasteiger partial charge in [0.2, 0.25) is 0 Å². The molecule has 0 aliphatic heterocycles. The Labute approximate surface area is 156 Å². The van der Waals surface area contributed by atoms with Crippen molar-refractivity contribution in [3.05, 3.63) is 60.2 Å². The second-order valence-electron chi connectivity index (χ2n) is 6.05. The molecular weight excluding hydrogens is 326 g/mol. The Morgan fingerprint density at radius 3 is 2.38 bits per heavy atom. The van der Waals surface area contributed by atoms with Crippen molar-refractivity contribution in [1.82, 2.24) is 10.2 Å². The molecule has 0 fully saturated rings. The number of methoxy groups -OCH3 is 1. The maximum Gasteiger partial charge on any atom is 0.193 e. The van der Waals surface area contributed by atoms with E-state index in [-0.39, 0.29) is 0 Å². The van der Waals surface area contributed by atoms with Crippen molar-refractivity contribution in [2.24, 2.45) is 4.99 Å². The maximum atomic E-state index is 5.71. The van der Waals surface area contributed by atoms with Crippen LogP contribution in [0.3, 0.4) is 0 Å². The lowest BCUT2D eigenvalue weighted by Gasteiger charge is -2.22. The lowest BCUT2D eigenvalue weighted by Crippen LogP contribution is -2.38.